The first-order valence-electron chi connectivity index (χ1n) is 11.8. The van der Waals surface area contributed by atoms with Crippen LogP contribution in [0.5, 0.6) is 5.75 Å². The van der Waals surface area contributed by atoms with Gasteiger partial charge in [-0.05, 0) is 41.8 Å². The summed E-state index contributed by atoms with van der Waals surface area (Å²) in [5.41, 5.74) is 1.68. The molecule has 8 heteroatoms. The topological polar surface area (TPSA) is 58.6 Å². The summed E-state index contributed by atoms with van der Waals surface area (Å²) in [6.45, 7) is 2.46. The molecule has 1 unspecified atom stereocenters. The summed E-state index contributed by atoms with van der Waals surface area (Å²) in [6.07, 6.45) is 2.14. The fourth-order valence-corrected chi connectivity index (χ4v) is 4.19. The summed E-state index contributed by atoms with van der Waals surface area (Å²) in [7, 11) is 0. The van der Waals surface area contributed by atoms with Crippen LogP contribution in [0.3, 0.4) is 0 Å². The molecule has 5 nitrogen and oxygen atoms in total. The van der Waals surface area contributed by atoms with Crippen molar-refractivity contribution in [2.75, 3.05) is 13.2 Å². The molecular formula is C28H29Cl3N2O3. The van der Waals surface area contributed by atoms with Crippen LogP contribution in [0, 0.1) is 0 Å². The number of carbonyl (C=O) groups is 2. The normalized spacial score (nSPS) is 11.6. The molecule has 0 saturated carbocycles. The molecule has 3 aromatic carbocycles. The van der Waals surface area contributed by atoms with Gasteiger partial charge in [0.15, 0.2) is 6.61 Å². The van der Waals surface area contributed by atoms with Crippen molar-refractivity contribution in [3.8, 4) is 5.75 Å². The molecular weight excluding hydrogens is 519 g/mol. The average Bonchev–Trinajstić information content (AvgIpc) is 2.88. The lowest BCUT2D eigenvalue weighted by Crippen LogP contribution is -2.51. The van der Waals surface area contributed by atoms with Gasteiger partial charge >= 0.3 is 0 Å². The fraction of sp³-hybridized carbons (Fsp3) is 0.286. The molecule has 0 radical (unpaired) electrons. The molecule has 0 aromatic heterocycles. The number of unbranched alkanes of at least 4 members (excludes halogenated alkanes) is 1. The molecule has 2 amide bonds. The summed E-state index contributed by atoms with van der Waals surface area (Å²) in [6, 6.07) is 21.0. The van der Waals surface area contributed by atoms with Gasteiger partial charge in [0.05, 0.1) is 15.1 Å². The van der Waals surface area contributed by atoms with Crippen LogP contribution in [0.15, 0.2) is 72.8 Å². The zero-order valence-electron chi connectivity index (χ0n) is 20.1. The lowest BCUT2D eigenvalue weighted by molar-refractivity contribution is -0.142. The molecule has 0 aliphatic rings. The number of halogens is 3. The third kappa shape index (κ3) is 8.16. The van der Waals surface area contributed by atoms with E-state index in [9.17, 15) is 9.59 Å². The smallest absolute Gasteiger partial charge is 0.261 e. The van der Waals surface area contributed by atoms with E-state index in [0.29, 0.717) is 33.8 Å². The monoisotopic (exact) mass is 546 g/mol. The molecule has 1 N–H and O–H groups in total. The number of hydrogen-bond donors (Lipinski definition) is 1. The molecule has 0 bridgehead atoms. The Hall–Kier alpha value is -2.73. The highest BCUT2D eigenvalue weighted by molar-refractivity contribution is 6.42. The van der Waals surface area contributed by atoms with Crippen molar-refractivity contribution in [2.45, 2.75) is 38.8 Å². The van der Waals surface area contributed by atoms with E-state index in [4.69, 9.17) is 39.5 Å². The summed E-state index contributed by atoms with van der Waals surface area (Å²) in [5.74, 6) is -0.181. The fourth-order valence-electron chi connectivity index (χ4n) is 3.68. The maximum atomic E-state index is 13.6. The highest BCUT2D eigenvalue weighted by atomic mass is 35.5. The maximum Gasteiger partial charge on any atom is 0.261 e. The van der Waals surface area contributed by atoms with Crippen molar-refractivity contribution in [3.63, 3.8) is 0 Å². The lowest BCUT2D eigenvalue weighted by atomic mass is 10.0. The van der Waals surface area contributed by atoms with Crippen LogP contribution in [-0.2, 0) is 22.6 Å². The zero-order chi connectivity index (χ0) is 25.9. The van der Waals surface area contributed by atoms with Crippen LogP contribution in [0.2, 0.25) is 15.1 Å². The summed E-state index contributed by atoms with van der Waals surface area (Å²) in [4.78, 5) is 28.5. The first-order chi connectivity index (χ1) is 17.4. The van der Waals surface area contributed by atoms with E-state index in [-0.39, 0.29) is 25.0 Å². The van der Waals surface area contributed by atoms with Gasteiger partial charge < -0.3 is 15.0 Å². The Bertz CT molecular complexity index is 1160. The molecule has 0 aliphatic heterocycles. The minimum Gasteiger partial charge on any atom is -0.482 e. The molecule has 0 spiro atoms. The SMILES string of the molecule is CCCCNC(=O)C(Cc1ccccc1)N(Cc1ccc(Cl)c(Cl)c1)C(=O)COc1ccccc1Cl. The van der Waals surface area contributed by atoms with E-state index in [2.05, 4.69) is 12.2 Å². The minimum absolute atomic E-state index is 0.153. The standard InChI is InChI=1S/C28H29Cl3N2O3/c1-2-3-15-32-28(35)25(17-20-9-5-4-6-10-20)33(18-21-13-14-22(29)24(31)16-21)27(34)19-36-26-12-8-7-11-23(26)30/h4-14,16,25H,2-3,15,17-19H2,1H3,(H,32,35). The van der Waals surface area contributed by atoms with Crippen molar-refractivity contribution in [1.29, 1.82) is 0 Å². The molecule has 0 aliphatic carbocycles. The molecule has 0 fully saturated rings. The highest BCUT2D eigenvalue weighted by Crippen LogP contribution is 2.25. The van der Waals surface area contributed by atoms with Crippen molar-refractivity contribution < 1.29 is 14.3 Å². The highest BCUT2D eigenvalue weighted by Gasteiger charge is 2.30. The van der Waals surface area contributed by atoms with Crippen molar-refractivity contribution in [1.82, 2.24) is 10.2 Å². The summed E-state index contributed by atoms with van der Waals surface area (Å²) >= 11 is 18.5. The maximum absolute atomic E-state index is 13.6. The van der Waals surface area contributed by atoms with Crippen molar-refractivity contribution >= 4 is 46.6 Å². The van der Waals surface area contributed by atoms with E-state index in [1.54, 1.807) is 42.5 Å². The van der Waals surface area contributed by atoms with Gasteiger partial charge in [-0.3, -0.25) is 9.59 Å². The zero-order valence-corrected chi connectivity index (χ0v) is 22.3. The van der Waals surface area contributed by atoms with E-state index in [0.717, 1.165) is 24.0 Å². The van der Waals surface area contributed by atoms with E-state index in [1.807, 2.05) is 30.3 Å². The summed E-state index contributed by atoms with van der Waals surface area (Å²) < 4.78 is 5.74. The molecule has 0 saturated heterocycles. The predicted octanol–water partition coefficient (Wildman–Crippen LogP) is 6.58. The number of para-hydroxylation sites is 1. The molecule has 36 heavy (non-hydrogen) atoms. The van der Waals surface area contributed by atoms with Gasteiger partial charge in [0, 0.05) is 19.5 Å². The third-order valence-electron chi connectivity index (χ3n) is 5.63. The number of carbonyl (C=O) groups excluding carboxylic acids is 2. The quantitative estimate of drug-likeness (QED) is 0.261. The van der Waals surface area contributed by atoms with Crippen LogP contribution in [-0.4, -0.2) is 35.9 Å². The Morgan fingerprint density at radius 3 is 2.31 bits per heavy atom. The van der Waals surface area contributed by atoms with Crippen LogP contribution < -0.4 is 10.1 Å². The minimum atomic E-state index is -0.763. The van der Waals surface area contributed by atoms with E-state index < -0.39 is 6.04 Å². The summed E-state index contributed by atoms with van der Waals surface area (Å²) in [5, 5.41) is 4.18. The Morgan fingerprint density at radius 1 is 0.889 bits per heavy atom. The second kappa shape index (κ2) is 14.1. The molecule has 3 rings (SSSR count). The number of benzene rings is 3. The first-order valence-corrected chi connectivity index (χ1v) is 12.9. The van der Waals surface area contributed by atoms with Gasteiger partial charge in [-0.1, -0.05) is 96.7 Å². The molecule has 0 heterocycles. The van der Waals surface area contributed by atoms with Crippen molar-refractivity contribution in [2.24, 2.45) is 0 Å². The molecule has 190 valence electrons. The van der Waals surface area contributed by atoms with Crippen LogP contribution in [0.1, 0.15) is 30.9 Å². The van der Waals surface area contributed by atoms with Crippen LogP contribution in [0.25, 0.3) is 0 Å². The Labute approximate surface area is 227 Å². The second-order valence-corrected chi connectivity index (χ2v) is 9.56. The van der Waals surface area contributed by atoms with Gasteiger partial charge in [-0.15, -0.1) is 0 Å². The number of ether oxygens (including phenoxy) is 1. The van der Waals surface area contributed by atoms with E-state index in [1.165, 1.54) is 4.90 Å². The molecule has 3 aromatic rings. The molecule has 1 atom stereocenters. The van der Waals surface area contributed by atoms with Gasteiger partial charge in [0.1, 0.15) is 11.8 Å². The number of hydrogen-bond acceptors (Lipinski definition) is 3. The number of rotatable bonds is 12. The number of amides is 2. The second-order valence-electron chi connectivity index (χ2n) is 8.34. The third-order valence-corrected chi connectivity index (χ3v) is 6.68. The van der Waals surface area contributed by atoms with E-state index >= 15 is 0 Å². The lowest BCUT2D eigenvalue weighted by Gasteiger charge is -2.31. The van der Waals surface area contributed by atoms with Gasteiger partial charge in [-0.2, -0.15) is 0 Å². The Balaban J connectivity index is 1.91. The predicted molar refractivity (Wildman–Crippen MR) is 146 cm³/mol. The van der Waals surface area contributed by atoms with Crippen molar-refractivity contribution in [3.05, 3.63) is 99.0 Å². The number of nitrogens with zero attached hydrogens (tertiary/aromatic N) is 1. The number of nitrogens with one attached hydrogen (secondary N) is 1. The Kier molecular flexibility index (Phi) is 10.9. The largest absolute Gasteiger partial charge is 0.482 e. The first kappa shape index (κ1) is 27.9. The van der Waals surface area contributed by atoms with Gasteiger partial charge in [-0.25, -0.2) is 0 Å². The Morgan fingerprint density at radius 2 is 1.61 bits per heavy atom. The average molecular weight is 548 g/mol. The van der Waals surface area contributed by atoms with Gasteiger partial charge in [0.25, 0.3) is 5.91 Å². The van der Waals surface area contributed by atoms with Gasteiger partial charge in [0.2, 0.25) is 5.91 Å². The van der Waals surface area contributed by atoms with Crippen LogP contribution >= 0.6 is 34.8 Å². The van der Waals surface area contributed by atoms with Crippen LogP contribution in [0.4, 0.5) is 0 Å².